The second kappa shape index (κ2) is 4.50. The van der Waals surface area contributed by atoms with Crippen molar-refractivity contribution in [2.45, 2.75) is 6.43 Å². The summed E-state index contributed by atoms with van der Waals surface area (Å²) in [7, 11) is 1.26. The Balaban J connectivity index is 3.33. The van der Waals surface area contributed by atoms with E-state index in [2.05, 4.69) is 4.98 Å². The van der Waals surface area contributed by atoms with Crippen LogP contribution in [0.3, 0.4) is 0 Å². The summed E-state index contributed by atoms with van der Waals surface area (Å²) in [4.78, 5) is 3.60. The first-order valence-electron chi connectivity index (χ1n) is 3.52. The summed E-state index contributed by atoms with van der Waals surface area (Å²) in [5.74, 6) is -0.0584. The van der Waals surface area contributed by atoms with Crippen molar-refractivity contribution in [1.29, 1.82) is 5.26 Å². The molecule has 0 saturated carbocycles. The third-order valence-electron chi connectivity index (χ3n) is 1.52. The zero-order valence-electron chi connectivity index (χ0n) is 7.09. The van der Waals surface area contributed by atoms with Gasteiger partial charge in [-0.15, -0.1) is 0 Å². The van der Waals surface area contributed by atoms with Gasteiger partial charge in [0.15, 0.2) is 0 Å². The van der Waals surface area contributed by atoms with E-state index >= 15 is 0 Å². The molecule has 1 heterocycles. The molecule has 0 aliphatic rings. The molecule has 1 aromatic heterocycles. The van der Waals surface area contributed by atoms with Crippen LogP contribution in [0.15, 0.2) is 6.07 Å². The fourth-order valence-corrected chi connectivity index (χ4v) is 1.42. The number of rotatable bonds is 2. The fourth-order valence-electron chi connectivity index (χ4n) is 0.884. The smallest absolute Gasteiger partial charge is 0.284 e. The first kappa shape index (κ1) is 11.1. The van der Waals surface area contributed by atoms with Crippen molar-refractivity contribution < 1.29 is 13.5 Å². The number of alkyl halides is 2. The largest absolute Gasteiger partial charge is 0.495 e. The number of aromatic nitrogens is 1. The molecule has 0 N–H and O–H groups in total. The van der Waals surface area contributed by atoms with E-state index in [9.17, 15) is 8.78 Å². The van der Waals surface area contributed by atoms with Crippen LogP contribution in [0.2, 0.25) is 0 Å². The second-order valence-electron chi connectivity index (χ2n) is 2.33. The van der Waals surface area contributed by atoms with Crippen LogP contribution in [-0.2, 0) is 0 Å². The number of nitriles is 1. The summed E-state index contributed by atoms with van der Waals surface area (Å²) in [6, 6.07) is 3.10. The van der Waals surface area contributed by atoms with Crippen LogP contribution in [-0.4, -0.2) is 12.1 Å². The Morgan fingerprint density at radius 3 is 2.71 bits per heavy atom. The van der Waals surface area contributed by atoms with Crippen LogP contribution in [0.4, 0.5) is 8.78 Å². The highest BCUT2D eigenvalue weighted by molar-refractivity contribution is 14.1. The van der Waals surface area contributed by atoms with Crippen molar-refractivity contribution in [2.24, 2.45) is 0 Å². The highest BCUT2D eigenvalue weighted by Crippen LogP contribution is 2.29. The van der Waals surface area contributed by atoms with Gasteiger partial charge in [0.2, 0.25) is 0 Å². The van der Waals surface area contributed by atoms with Crippen molar-refractivity contribution >= 4 is 22.6 Å². The minimum Gasteiger partial charge on any atom is -0.495 e. The van der Waals surface area contributed by atoms with Gasteiger partial charge < -0.3 is 4.74 Å². The molecule has 0 radical (unpaired) electrons. The third-order valence-corrected chi connectivity index (χ3v) is 2.34. The molecule has 0 atom stereocenters. The summed E-state index contributed by atoms with van der Waals surface area (Å²) < 4.78 is 29.8. The van der Waals surface area contributed by atoms with Crippen LogP contribution < -0.4 is 4.74 Å². The Bertz CT molecular complexity index is 390. The first-order chi connectivity index (χ1) is 6.60. The molecular weight excluding hydrogens is 305 g/mol. The third kappa shape index (κ3) is 2.09. The number of nitrogens with zero attached hydrogens (tertiary/aromatic N) is 2. The highest BCUT2D eigenvalue weighted by Gasteiger charge is 2.18. The Hall–Kier alpha value is -0.970. The van der Waals surface area contributed by atoms with E-state index in [-0.39, 0.29) is 15.0 Å². The van der Waals surface area contributed by atoms with Crippen LogP contribution in [0.25, 0.3) is 0 Å². The molecule has 0 unspecified atom stereocenters. The minimum absolute atomic E-state index is 0.0584. The van der Waals surface area contributed by atoms with Crippen molar-refractivity contribution in [1.82, 2.24) is 4.98 Å². The minimum atomic E-state index is -2.70. The quantitative estimate of drug-likeness (QED) is 0.623. The zero-order valence-corrected chi connectivity index (χ0v) is 9.25. The molecule has 3 nitrogen and oxygen atoms in total. The van der Waals surface area contributed by atoms with E-state index in [4.69, 9.17) is 10.00 Å². The van der Waals surface area contributed by atoms with Gasteiger partial charge in [0.25, 0.3) is 6.43 Å². The fraction of sp³-hybridized carbons (Fsp3) is 0.250. The molecule has 0 aromatic carbocycles. The van der Waals surface area contributed by atoms with Gasteiger partial charge in [-0.05, 0) is 22.6 Å². The predicted molar refractivity (Wildman–Crippen MR) is 53.2 cm³/mol. The van der Waals surface area contributed by atoms with Gasteiger partial charge in [0.05, 0.1) is 12.7 Å². The van der Waals surface area contributed by atoms with E-state index < -0.39 is 12.1 Å². The number of hydrogen-bond donors (Lipinski definition) is 0. The van der Waals surface area contributed by atoms with Crippen molar-refractivity contribution in [2.75, 3.05) is 7.11 Å². The van der Waals surface area contributed by atoms with E-state index in [0.29, 0.717) is 0 Å². The van der Waals surface area contributed by atoms with Crippen LogP contribution in [0.5, 0.6) is 5.75 Å². The molecule has 0 bridgehead atoms. The molecule has 0 fully saturated rings. The average molecular weight is 310 g/mol. The molecule has 0 spiro atoms. The van der Waals surface area contributed by atoms with Gasteiger partial charge >= 0.3 is 0 Å². The summed E-state index contributed by atoms with van der Waals surface area (Å²) in [6.07, 6.45) is -2.70. The first-order valence-corrected chi connectivity index (χ1v) is 4.60. The lowest BCUT2D eigenvalue weighted by atomic mass is 10.2. The molecule has 1 aromatic rings. The van der Waals surface area contributed by atoms with Gasteiger partial charge in [-0.1, -0.05) is 0 Å². The monoisotopic (exact) mass is 310 g/mol. The molecule has 0 saturated heterocycles. The number of halogens is 3. The average Bonchev–Trinajstić information content (AvgIpc) is 2.17. The SMILES string of the molecule is COc1cc(C#N)c(I)nc1C(F)F. The predicted octanol–water partition coefficient (Wildman–Crippen LogP) is 2.50. The zero-order chi connectivity index (χ0) is 10.7. The number of ether oxygens (including phenoxy) is 1. The maximum Gasteiger partial charge on any atom is 0.284 e. The Morgan fingerprint density at radius 1 is 1.64 bits per heavy atom. The lowest BCUT2D eigenvalue weighted by molar-refractivity contribution is 0.141. The van der Waals surface area contributed by atoms with Crippen LogP contribution in [0, 0.1) is 15.0 Å². The maximum atomic E-state index is 12.4. The summed E-state index contributed by atoms with van der Waals surface area (Å²) in [5, 5.41) is 8.63. The van der Waals surface area contributed by atoms with Gasteiger partial charge in [0, 0.05) is 6.07 Å². The van der Waals surface area contributed by atoms with Gasteiger partial charge in [0.1, 0.15) is 21.2 Å². The van der Waals surface area contributed by atoms with E-state index in [0.717, 1.165) is 0 Å². The second-order valence-corrected chi connectivity index (χ2v) is 3.35. The van der Waals surface area contributed by atoms with Crippen molar-refractivity contribution in [3.8, 4) is 11.8 Å². The topological polar surface area (TPSA) is 45.9 Å². The van der Waals surface area contributed by atoms with Gasteiger partial charge in [-0.2, -0.15) is 5.26 Å². The number of pyridine rings is 1. The molecule has 1 rings (SSSR count). The lowest BCUT2D eigenvalue weighted by Gasteiger charge is -2.07. The number of hydrogen-bond acceptors (Lipinski definition) is 3. The molecule has 6 heteroatoms. The Kier molecular flexibility index (Phi) is 3.57. The van der Waals surface area contributed by atoms with Crippen molar-refractivity contribution in [3.63, 3.8) is 0 Å². The Morgan fingerprint density at radius 2 is 2.29 bits per heavy atom. The molecule has 14 heavy (non-hydrogen) atoms. The van der Waals surface area contributed by atoms with Crippen molar-refractivity contribution in [3.05, 3.63) is 21.0 Å². The summed E-state index contributed by atoms with van der Waals surface area (Å²) in [6.45, 7) is 0. The normalized spacial score (nSPS) is 10.0. The van der Waals surface area contributed by atoms with Gasteiger partial charge in [-0.25, -0.2) is 13.8 Å². The van der Waals surface area contributed by atoms with Gasteiger partial charge in [-0.3, -0.25) is 0 Å². The number of methoxy groups -OCH3 is 1. The summed E-state index contributed by atoms with van der Waals surface area (Å²) in [5.41, 5.74) is -0.206. The molecular formula is C8H5F2IN2O. The van der Waals surface area contributed by atoms with Crippen LogP contribution >= 0.6 is 22.6 Å². The highest BCUT2D eigenvalue weighted by atomic mass is 127. The Labute approximate surface area is 92.8 Å². The lowest BCUT2D eigenvalue weighted by Crippen LogP contribution is -2.00. The molecule has 74 valence electrons. The van der Waals surface area contributed by atoms with E-state index in [1.54, 1.807) is 22.6 Å². The van der Waals surface area contributed by atoms with E-state index in [1.165, 1.54) is 13.2 Å². The standard InChI is InChI=1S/C8H5F2IN2O/c1-14-5-2-4(3-12)8(11)13-6(5)7(9)10/h2,7H,1H3. The molecule has 0 aliphatic carbocycles. The maximum absolute atomic E-state index is 12.4. The van der Waals surface area contributed by atoms with E-state index in [1.807, 2.05) is 6.07 Å². The molecule has 0 aliphatic heterocycles. The summed E-state index contributed by atoms with van der Waals surface area (Å²) >= 11 is 1.73. The molecule has 0 amide bonds. The van der Waals surface area contributed by atoms with Crippen LogP contribution in [0.1, 0.15) is 17.7 Å².